The van der Waals surface area contributed by atoms with Gasteiger partial charge in [-0.3, -0.25) is 9.69 Å². The quantitative estimate of drug-likeness (QED) is 0.694. The Bertz CT molecular complexity index is 869. The zero-order valence-electron chi connectivity index (χ0n) is 16.2. The van der Waals surface area contributed by atoms with Gasteiger partial charge in [0.1, 0.15) is 0 Å². The summed E-state index contributed by atoms with van der Waals surface area (Å²) in [6, 6.07) is 13.5. The Balaban J connectivity index is 1.65. The average Bonchev–Trinajstić information content (AvgIpc) is 2.69. The first-order chi connectivity index (χ1) is 13.5. The summed E-state index contributed by atoms with van der Waals surface area (Å²) in [5.41, 5.74) is 3.25. The van der Waals surface area contributed by atoms with Gasteiger partial charge in [-0.25, -0.2) is 4.79 Å². The molecule has 0 aromatic heterocycles. The summed E-state index contributed by atoms with van der Waals surface area (Å²) >= 11 is 3.51. The molecule has 1 unspecified atom stereocenters. The molecule has 1 aliphatic rings. The molecule has 3 rings (SSSR count). The second-order valence-corrected chi connectivity index (χ2v) is 8.13. The first kappa shape index (κ1) is 20.6. The predicted molar refractivity (Wildman–Crippen MR) is 113 cm³/mol. The Morgan fingerprint density at radius 3 is 2.82 bits per heavy atom. The summed E-state index contributed by atoms with van der Waals surface area (Å²) < 4.78 is 5.84. The van der Waals surface area contributed by atoms with E-state index in [1.165, 1.54) is 12.7 Å². The van der Waals surface area contributed by atoms with Gasteiger partial charge in [-0.05, 0) is 61.7 Å². The van der Waals surface area contributed by atoms with E-state index in [4.69, 9.17) is 4.74 Å². The van der Waals surface area contributed by atoms with Crippen molar-refractivity contribution in [2.75, 3.05) is 25.5 Å². The molecule has 1 fully saturated rings. The number of nitrogens with one attached hydrogen (secondary N) is 1. The normalized spacial score (nSPS) is 17.2. The van der Waals surface area contributed by atoms with Crippen molar-refractivity contribution in [3.63, 3.8) is 0 Å². The van der Waals surface area contributed by atoms with E-state index < -0.39 is 5.97 Å². The molecule has 28 heavy (non-hydrogen) atoms. The number of aryl methyl sites for hydroxylation is 1. The van der Waals surface area contributed by atoms with Gasteiger partial charge in [-0.1, -0.05) is 34.1 Å². The molecule has 1 amide bonds. The van der Waals surface area contributed by atoms with E-state index in [1.807, 2.05) is 25.1 Å². The van der Waals surface area contributed by atoms with Crippen LogP contribution in [0.15, 0.2) is 46.9 Å². The van der Waals surface area contributed by atoms with Crippen molar-refractivity contribution in [1.29, 1.82) is 0 Å². The molecule has 1 atom stereocenters. The number of amides is 1. The molecule has 5 nitrogen and oxygen atoms in total. The lowest BCUT2D eigenvalue weighted by Crippen LogP contribution is -2.40. The lowest BCUT2D eigenvalue weighted by Gasteiger charge is -2.32. The van der Waals surface area contributed by atoms with Crippen LogP contribution < -0.4 is 5.32 Å². The zero-order valence-corrected chi connectivity index (χ0v) is 17.8. The second kappa shape index (κ2) is 9.34. The van der Waals surface area contributed by atoms with Gasteiger partial charge in [0.05, 0.1) is 18.6 Å². The molecule has 0 bridgehead atoms. The van der Waals surface area contributed by atoms with Crippen molar-refractivity contribution in [3.8, 4) is 0 Å². The molecular formula is C22H25BrN2O3. The highest BCUT2D eigenvalue weighted by molar-refractivity contribution is 9.10. The highest BCUT2D eigenvalue weighted by atomic mass is 79.9. The van der Waals surface area contributed by atoms with Crippen molar-refractivity contribution in [3.05, 3.63) is 63.6 Å². The Morgan fingerprint density at radius 1 is 1.25 bits per heavy atom. The molecule has 1 N–H and O–H groups in total. The molecular weight excluding hydrogens is 420 g/mol. The van der Waals surface area contributed by atoms with Crippen LogP contribution in [0, 0.1) is 12.8 Å². The van der Waals surface area contributed by atoms with E-state index in [0.29, 0.717) is 11.3 Å². The van der Waals surface area contributed by atoms with Crippen LogP contribution in [0.25, 0.3) is 0 Å². The Hall–Kier alpha value is -2.18. The fraction of sp³-hybridized carbons (Fsp3) is 0.364. The largest absolute Gasteiger partial charge is 0.465 e. The van der Waals surface area contributed by atoms with Crippen LogP contribution in [-0.2, 0) is 16.1 Å². The number of hydrogen-bond acceptors (Lipinski definition) is 4. The fourth-order valence-corrected chi connectivity index (χ4v) is 3.99. The Morgan fingerprint density at radius 2 is 2.07 bits per heavy atom. The van der Waals surface area contributed by atoms with Gasteiger partial charge in [0.2, 0.25) is 5.91 Å². The van der Waals surface area contributed by atoms with E-state index in [1.54, 1.807) is 12.1 Å². The second-order valence-electron chi connectivity index (χ2n) is 7.21. The standard InChI is InChI=1S/C22H25BrN2O3/c1-15-8-9-17(22(27)28-2)12-20(15)24-21(26)18-6-4-10-25(14-18)13-16-5-3-7-19(23)11-16/h3,5,7-9,11-12,18H,4,6,10,13-14H2,1-2H3,(H,24,26). The highest BCUT2D eigenvalue weighted by Crippen LogP contribution is 2.23. The van der Waals surface area contributed by atoms with Crippen LogP contribution in [0.5, 0.6) is 0 Å². The minimum absolute atomic E-state index is 0.00376. The molecule has 0 radical (unpaired) electrons. The van der Waals surface area contributed by atoms with Gasteiger partial charge in [-0.2, -0.15) is 0 Å². The summed E-state index contributed by atoms with van der Waals surface area (Å²) in [4.78, 5) is 26.9. The molecule has 1 aliphatic heterocycles. The monoisotopic (exact) mass is 444 g/mol. The van der Waals surface area contributed by atoms with Gasteiger partial charge in [0, 0.05) is 23.2 Å². The molecule has 0 aliphatic carbocycles. The van der Waals surface area contributed by atoms with Crippen LogP contribution in [0.1, 0.15) is 34.3 Å². The summed E-state index contributed by atoms with van der Waals surface area (Å²) in [6.07, 6.45) is 1.86. The SMILES string of the molecule is COC(=O)c1ccc(C)c(NC(=O)C2CCCN(Cc3cccc(Br)c3)C2)c1. The summed E-state index contributed by atoms with van der Waals surface area (Å²) in [7, 11) is 1.35. The third-order valence-electron chi connectivity index (χ3n) is 5.09. The van der Waals surface area contributed by atoms with Crippen molar-refractivity contribution in [2.24, 2.45) is 5.92 Å². The number of carbonyl (C=O) groups is 2. The first-order valence-corrected chi connectivity index (χ1v) is 10.2. The predicted octanol–water partition coefficient (Wildman–Crippen LogP) is 4.39. The maximum atomic E-state index is 12.9. The fourth-order valence-electron chi connectivity index (χ4n) is 3.54. The minimum atomic E-state index is -0.409. The number of esters is 1. The third kappa shape index (κ3) is 5.20. The van der Waals surface area contributed by atoms with E-state index >= 15 is 0 Å². The van der Waals surface area contributed by atoms with Crippen molar-refractivity contribution in [2.45, 2.75) is 26.3 Å². The van der Waals surface area contributed by atoms with Crippen LogP contribution in [0.4, 0.5) is 5.69 Å². The highest BCUT2D eigenvalue weighted by Gasteiger charge is 2.26. The maximum absolute atomic E-state index is 12.9. The van der Waals surface area contributed by atoms with E-state index in [2.05, 4.69) is 38.3 Å². The third-order valence-corrected chi connectivity index (χ3v) is 5.58. The van der Waals surface area contributed by atoms with Crippen LogP contribution in [0.2, 0.25) is 0 Å². The van der Waals surface area contributed by atoms with Gasteiger partial charge in [0.15, 0.2) is 0 Å². The van der Waals surface area contributed by atoms with Gasteiger partial charge >= 0.3 is 5.97 Å². The number of benzene rings is 2. The number of hydrogen-bond donors (Lipinski definition) is 1. The lowest BCUT2D eigenvalue weighted by molar-refractivity contribution is -0.121. The smallest absolute Gasteiger partial charge is 0.337 e. The van der Waals surface area contributed by atoms with Crippen LogP contribution in [0.3, 0.4) is 0 Å². The molecule has 0 saturated carbocycles. The zero-order chi connectivity index (χ0) is 20.1. The molecule has 1 heterocycles. The molecule has 0 spiro atoms. The molecule has 2 aromatic carbocycles. The Labute approximate surface area is 174 Å². The summed E-state index contributed by atoms with van der Waals surface area (Å²) in [5, 5.41) is 3.01. The average molecular weight is 445 g/mol. The number of halogens is 1. The molecule has 2 aromatic rings. The molecule has 148 valence electrons. The van der Waals surface area contributed by atoms with E-state index in [9.17, 15) is 9.59 Å². The van der Waals surface area contributed by atoms with Crippen LogP contribution in [-0.4, -0.2) is 37.0 Å². The summed E-state index contributed by atoms with van der Waals surface area (Å²) in [6.45, 7) is 4.47. The number of carbonyl (C=O) groups excluding carboxylic acids is 2. The number of likely N-dealkylation sites (tertiary alicyclic amines) is 1. The first-order valence-electron chi connectivity index (χ1n) is 9.43. The van der Waals surface area contributed by atoms with Crippen molar-refractivity contribution < 1.29 is 14.3 Å². The number of rotatable bonds is 5. The number of piperidine rings is 1. The van der Waals surface area contributed by atoms with E-state index in [-0.39, 0.29) is 11.8 Å². The lowest BCUT2D eigenvalue weighted by atomic mass is 9.96. The van der Waals surface area contributed by atoms with Crippen LogP contribution >= 0.6 is 15.9 Å². The van der Waals surface area contributed by atoms with Gasteiger partial charge in [-0.15, -0.1) is 0 Å². The molecule has 6 heteroatoms. The number of anilines is 1. The van der Waals surface area contributed by atoms with Crippen molar-refractivity contribution >= 4 is 33.5 Å². The van der Waals surface area contributed by atoms with Crippen molar-refractivity contribution in [1.82, 2.24) is 4.90 Å². The minimum Gasteiger partial charge on any atom is -0.465 e. The van der Waals surface area contributed by atoms with Gasteiger partial charge < -0.3 is 10.1 Å². The number of methoxy groups -OCH3 is 1. The Kier molecular flexibility index (Phi) is 6.86. The molecule has 1 saturated heterocycles. The number of ether oxygens (including phenoxy) is 1. The summed E-state index contributed by atoms with van der Waals surface area (Å²) in [5.74, 6) is -0.473. The topological polar surface area (TPSA) is 58.6 Å². The van der Waals surface area contributed by atoms with E-state index in [0.717, 1.165) is 42.5 Å². The maximum Gasteiger partial charge on any atom is 0.337 e. The van der Waals surface area contributed by atoms with Gasteiger partial charge in [0.25, 0.3) is 0 Å². The number of nitrogens with zero attached hydrogens (tertiary/aromatic N) is 1.